The van der Waals surface area contributed by atoms with Crippen molar-refractivity contribution in [2.75, 3.05) is 0 Å². The van der Waals surface area contributed by atoms with Gasteiger partial charge in [0, 0.05) is 0 Å². The minimum Gasteiger partial charge on any atom is -0.408 e. The van der Waals surface area contributed by atoms with Gasteiger partial charge in [0.25, 0.3) is 0 Å². The van der Waals surface area contributed by atoms with Crippen LogP contribution in [0.25, 0.3) is 11.1 Å². The Morgan fingerprint density at radius 3 is 3.07 bits per heavy atom. The van der Waals surface area contributed by atoms with E-state index < -0.39 is 11.9 Å². The van der Waals surface area contributed by atoms with Crippen LogP contribution in [0.1, 0.15) is 11.7 Å². The fraction of sp³-hybridized carbons (Fsp3) is 0.100. The Bertz CT molecular complexity index is 523. The molecule has 0 spiro atoms. The molecule has 0 radical (unpaired) electrons. The Labute approximate surface area is 79.5 Å². The highest BCUT2D eigenvalue weighted by Crippen LogP contribution is 2.18. The molecule has 0 aliphatic carbocycles. The molecule has 1 heterocycles. The average molecular weight is 191 g/mol. The van der Waals surface area contributed by atoms with Crippen molar-refractivity contribution in [1.82, 2.24) is 4.98 Å². The van der Waals surface area contributed by atoms with Crippen LogP contribution in [0.2, 0.25) is 0 Å². The third-order valence-corrected chi connectivity index (χ3v) is 2.01. The van der Waals surface area contributed by atoms with Gasteiger partial charge in [-0.1, -0.05) is 12.1 Å². The largest absolute Gasteiger partial charge is 0.417 e. The average Bonchev–Trinajstić information content (AvgIpc) is 2.55. The first-order chi connectivity index (χ1) is 6.70. The van der Waals surface area contributed by atoms with Gasteiger partial charge in [0.2, 0.25) is 0 Å². The monoisotopic (exact) mass is 191 g/mol. The van der Waals surface area contributed by atoms with Crippen LogP contribution in [0.15, 0.2) is 40.1 Å². The van der Waals surface area contributed by atoms with Gasteiger partial charge in [-0.05, 0) is 17.7 Å². The first kappa shape index (κ1) is 8.77. The lowest BCUT2D eigenvalue weighted by molar-refractivity contribution is 0.229. The lowest BCUT2D eigenvalue weighted by atomic mass is 10.1. The molecule has 1 aromatic carbocycles. The number of benzene rings is 1. The first-order valence-electron chi connectivity index (χ1n) is 4.14. The smallest absolute Gasteiger partial charge is 0.408 e. The zero-order chi connectivity index (χ0) is 10.1. The third kappa shape index (κ3) is 1.36. The molecule has 0 aliphatic heterocycles. The molecule has 0 saturated heterocycles. The van der Waals surface area contributed by atoms with Crippen molar-refractivity contribution < 1.29 is 9.52 Å². The van der Waals surface area contributed by atoms with Gasteiger partial charge < -0.3 is 9.52 Å². The van der Waals surface area contributed by atoms with E-state index in [2.05, 4.69) is 11.6 Å². The van der Waals surface area contributed by atoms with Crippen molar-refractivity contribution in [3.8, 4) is 0 Å². The van der Waals surface area contributed by atoms with E-state index in [1.165, 1.54) is 6.08 Å². The van der Waals surface area contributed by atoms with E-state index in [4.69, 9.17) is 4.42 Å². The number of hydrogen-bond donors (Lipinski definition) is 2. The number of rotatable bonds is 2. The zero-order valence-electron chi connectivity index (χ0n) is 7.36. The molecule has 4 heteroatoms. The molecule has 72 valence electrons. The van der Waals surface area contributed by atoms with Crippen molar-refractivity contribution in [2.24, 2.45) is 0 Å². The van der Waals surface area contributed by atoms with E-state index in [0.29, 0.717) is 16.7 Å². The lowest BCUT2D eigenvalue weighted by Gasteiger charge is -2.03. The molecule has 4 nitrogen and oxygen atoms in total. The Hall–Kier alpha value is -1.81. The van der Waals surface area contributed by atoms with E-state index in [1.807, 2.05) is 0 Å². The molecule has 1 aromatic heterocycles. The molecule has 0 saturated carbocycles. The second-order valence-electron chi connectivity index (χ2n) is 2.95. The molecule has 2 rings (SSSR count). The van der Waals surface area contributed by atoms with Crippen molar-refractivity contribution in [3.05, 3.63) is 47.0 Å². The van der Waals surface area contributed by atoms with Gasteiger partial charge >= 0.3 is 5.76 Å². The molecule has 1 unspecified atom stereocenters. The fourth-order valence-electron chi connectivity index (χ4n) is 1.29. The molecule has 0 amide bonds. The maximum atomic E-state index is 10.8. The number of aliphatic hydroxyl groups excluding tert-OH is 1. The highest BCUT2D eigenvalue weighted by atomic mass is 16.4. The lowest BCUT2D eigenvalue weighted by Crippen LogP contribution is -1.94. The minimum atomic E-state index is -0.724. The highest BCUT2D eigenvalue weighted by molar-refractivity contribution is 5.72. The summed E-state index contributed by atoms with van der Waals surface area (Å²) in [5, 5.41) is 9.45. The Balaban J connectivity index is 2.61. The summed E-state index contributed by atoms with van der Waals surface area (Å²) in [5.41, 5.74) is 1.73. The van der Waals surface area contributed by atoms with Gasteiger partial charge in [0.1, 0.15) is 0 Å². The van der Waals surface area contributed by atoms with E-state index in [1.54, 1.807) is 18.2 Å². The Morgan fingerprint density at radius 1 is 1.57 bits per heavy atom. The van der Waals surface area contributed by atoms with Gasteiger partial charge in [-0.15, -0.1) is 6.58 Å². The number of aliphatic hydroxyl groups is 1. The third-order valence-electron chi connectivity index (χ3n) is 2.01. The molecule has 2 aromatic rings. The zero-order valence-corrected chi connectivity index (χ0v) is 7.36. The van der Waals surface area contributed by atoms with E-state index in [-0.39, 0.29) is 0 Å². The Kier molecular flexibility index (Phi) is 1.98. The molecule has 0 bridgehead atoms. The minimum absolute atomic E-state index is 0.481. The maximum absolute atomic E-state index is 10.8. The molecule has 0 fully saturated rings. The quantitative estimate of drug-likeness (QED) is 0.704. The number of nitrogens with one attached hydrogen (secondary N) is 1. The molecule has 0 aliphatic rings. The van der Waals surface area contributed by atoms with Crippen LogP contribution in [0, 0.1) is 0 Å². The van der Waals surface area contributed by atoms with Crippen molar-refractivity contribution in [3.63, 3.8) is 0 Å². The van der Waals surface area contributed by atoms with Crippen molar-refractivity contribution in [2.45, 2.75) is 6.10 Å². The second-order valence-corrected chi connectivity index (χ2v) is 2.95. The van der Waals surface area contributed by atoms with Crippen LogP contribution in [0.5, 0.6) is 0 Å². The summed E-state index contributed by atoms with van der Waals surface area (Å²) >= 11 is 0. The Morgan fingerprint density at radius 2 is 2.36 bits per heavy atom. The summed E-state index contributed by atoms with van der Waals surface area (Å²) in [4.78, 5) is 13.3. The fourth-order valence-corrected chi connectivity index (χ4v) is 1.29. The van der Waals surface area contributed by atoms with Gasteiger partial charge in [-0.25, -0.2) is 4.79 Å². The maximum Gasteiger partial charge on any atom is 0.417 e. The number of oxazole rings is 1. The molecular formula is C10H9NO3. The van der Waals surface area contributed by atoms with Crippen molar-refractivity contribution >= 4 is 11.1 Å². The van der Waals surface area contributed by atoms with Crippen LogP contribution in [0.4, 0.5) is 0 Å². The van der Waals surface area contributed by atoms with Crippen LogP contribution >= 0.6 is 0 Å². The predicted molar refractivity (Wildman–Crippen MR) is 52.0 cm³/mol. The van der Waals surface area contributed by atoms with E-state index >= 15 is 0 Å². The summed E-state index contributed by atoms with van der Waals surface area (Å²) < 4.78 is 4.82. The second kappa shape index (κ2) is 3.16. The highest BCUT2D eigenvalue weighted by Gasteiger charge is 2.06. The number of hydrogen-bond acceptors (Lipinski definition) is 3. The summed E-state index contributed by atoms with van der Waals surface area (Å²) in [5.74, 6) is -0.495. The summed E-state index contributed by atoms with van der Waals surface area (Å²) in [7, 11) is 0. The van der Waals surface area contributed by atoms with E-state index in [9.17, 15) is 9.90 Å². The van der Waals surface area contributed by atoms with Gasteiger partial charge in [0.05, 0.1) is 11.6 Å². The predicted octanol–water partition coefficient (Wildman–Crippen LogP) is 1.34. The molecular weight excluding hydrogens is 182 g/mol. The van der Waals surface area contributed by atoms with Crippen LogP contribution in [0.3, 0.4) is 0 Å². The van der Waals surface area contributed by atoms with Crippen molar-refractivity contribution in [1.29, 1.82) is 0 Å². The number of H-pyrrole nitrogens is 1. The van der Waals surface area contributed by atoms with E-state index in [0.717, 1.165) is 0 Å². The number of fused-ring (bicyclic) bond motifs is 1. The normalized spacial score (nSPS) is 12.9. The molecule has 2 N–H and O–H groups in total. The van der Waals surface area contributed by atoms with Crippen LogP contribution in [-0.4, -0.2) is 10.1 Å². The van der Waals surface area contributed by atoms with Gasteiger partial charge in [-0.2, -0.15) is 0 Å². The first-order valence-corrected chi connectivity index (χ1v) is 4.14. The topological polar surface area (TPSA) is 66.2 Å². The summed E-state index contributed by atoms with van der Waals surface area (Å²) in [6, 6.07) is 4.98. The summed E-state index contributed by atoms with van der Waals surface area (Å²) in [6.45, 7) is 3.48. The number of aromatic nitrogens is 1. The SMILES string of the molecule is C=CC(O)c1ccc2oc(=O)[nH]c2c1. The summed E-state index contributed by atoms with van der Waals surface area (Å²) in [6.07, 6.45) is 0.692. The van der Waals surface area contributed by atoms with Crippen LogP contribution < -0.4 is 5.76 Å². The van der Waals surface area contributed by atoms with Crippen LogP contribution in [-0.2, 0) is 0 Å². The van der Waals surface area contributed by atoms with Gasteiger partial charge in [-0.3, -0.25) is 4.98 Å². The van der Waals surface area contributed by atoms with Gasteiger partial charge in [0.15, 0.2) is 5.58 Å². The molecule has 14 heavy (non-hydrogen) atoms. The number of aromatic amines is 1. The molecule has 1 atom stereocenters. The standard InChI is InChI=1S/C10H9NO3/c1-2-8(12)6-3-4-9-7(5-6)11-10(13)14-9/h2-5,8,12H,1H2,(H,11,13).